The Labute approximate surface area is 105 Å². The molecule has 1 amide bonds. The minimum Gasteiger partial charge on any atom is -0.366 e. The number of hydrogen-bond donors (Lipinski definition) is 1. The maximum absolute atomic E-state index is 11.2. The Bertz CT molecular complexity index is 600. The number of primary amides is 1. The molecule has 0 aliphatic heterocycles. The molecule has 2 N–H and O–H groups in total. The van der Waals surface area contributed by atoms with E-state index in [0.717, 1.165) is 11.1 Å². The van der Waals surface area contributed by atoms with Gasteiger partial charge in [-0.2, -0.15) is 0 Å². The van der Waals surface area contributed by atoms with Gasteiger partial charge in [-0.25, -0.2) is 0 Å². The zero-order valence-corrected chi connectivity index (χ0v) is 10.0. The summed E-state index contributed by atoms with van der Waals surface area (Å²) in [6.45, 7) is 1.53. The minimum absolute atomic E-state index is 0.0347. The lowest BCUT2D eigenvalue weighted by Crippen LogP contribution is -2.10. The molecule has 0 aromatic heterocycles. The highest BCUT2D eigenvalue weighted by Crippen LogP contribution is 2.21. The first-order chi connectivity index (χ1) is 8.58. The van der Waals surface area contributed by atoms with E-state index in [4.69, 9.17) is 5.73 Å². The molecular weight excluding hydrogens is 226 g/mol. The van der Waals surface area contributed by atoms with Crippen molar-refractivity contribution in [3.8, 4) is 11.1 Å². The van der Waals surface area contributed by atoms with Crippen LogP contribution in [0, 0.1) is 0 Å². The Morgan fingerprint density at radius 1 is 0.889 bits per heavy atom. The van der Waals surface area contributed by atoms with Gasteiger partial charge in [-0.3, -0.25) is 9.59 Å². The molecule has 2 aromatic rings. The molecule has 2 rings (SSSR count). The van der Waals surface area contributed by atoms with Gasteiger partial charge in [0.15, 0.2) is 5.78 Å². The normalized spacial score (nSPS) is 10.1. The van der Waals surface area contributed by atoms with Crippen LogP contribution in [0.25, 0.3) is 11.1 Å². The fraction of sp³-hybridized carbons (Fsp3) is 0.0667. The van der Waals surface area contributed by atoms with E-state index in [1.807, 2.05) is 18.2 Å². The van der Waals surface area contributed by atoms with Gasteiger partial charge < -0.3 is 5.73 Å². The van der Waals surface area contributed by atoms with Crippen molar-refractivity contribution < 1.29 is 9.59 Å². The molecule has 0 saturated carbocycles. The van der Waals surface area contributed by atoms with E-state index >= 15 is 0 Å². The summed E-state index contributed by atoms with van der Waals surface area (Å²) in [7, 11) is 0. The molecule has 0 aliphatic carbocycles. The lowest BCUT2D eigenvalue weighted by atomic mass is 10.0. The number of nitrogens with two attached hydrogens (primary N) is 1. The van der Waals surface area contributed by atoms with Crippen LogP contribution in [-0.2, 0) is 0 Å². The first-order valence-corrected chi connectivity index (χ1v) is 5.59. The molecule has 0 saturated heterocycles. The molecule has 0 spiro atoms. The Hall–Kier alpha value is -2.42. The summed E-state index contributed by atoms with van der Waals surface area (Å²) in [6.07, 6.45) is 0. The second-order valence-corrected chi connectivity index (χ2v) is 4.08. The van der Waals surface area contributed by atoms with E-state index in [-0.39, 0.29) is 5.78 Å². The van der Waals surface area contributed by atoms with Crippen molar-refractivity contribution in [3.05, 3.63) is 59.7 Å². The molecule has 90 valence electrons. The van der Waals surface area contributed by atoms with E-state index in [1.165, 1.54) is 6.92 Å². The molecule has 0 atom stereocenters. The Kier molecular flexibility index (Phi) is 3.24. The van der Waals surface area contributed by atoms with Crippen LogP contribution in [0.5, 0.6) is 0 Å². The molecule has 0 heterocycles. The van der Waals surface area contributed by atoms with Crippen LogP contribution in [0.1, 0.15) is 27.6 Å². The summed E-state index contributed by atoms with van der Waals surface area (Å²) < 4.78 is 0. The standard InChI is InChI=1S/C15H13NO2/c1-10(17)11-5-7-12(8-6-11)13-3-2-4-14(9-13)15(16)18/h2-9H,1H3,(H2,16,18). The zero-order chi connectivity index (χ0) is 13.1. The van der Waals surface area contributed by atoms with Crippen molar-refractivity contribution in [1.29, 1.82) is 0 Å². The minimum atomic E-state index is -0.447. The number of rotatable bonds is 3. The van der Waals surface area contributed by atoms with Crippen molar-refractivity contribution in [2.75, 3.05) is 0 Å². The summed E-state index contributed by atoms with van der Waals surface area (Å²) in [4.78, 5) is 22.3. The van der Waals surface area contributed by atoms with Crippen molar-refractivity contribution in [2.45, 2.75) is 6.92 Å². The van der Waals surface area contributed by atoms with Crippen LogP contribution in [0.15, 0.2) is 48.5 Å². The molecule has 0 fully saturated rings. The van der Waals surface area contributed by atoms with E-state index < -0.39 is 5.91 Å². The van der Waals surface area contributed by atoms with Crippen LogP contribution in [0.3, 0.4) is 0 Å². The predicted molar refractivity (Wildman–Crippen MR) is 70.4 cm³/mol. The van der Waals surface area contributed by atoms with Crippen LogP contribution in [0.4, 0.5) is 0 Å². The second-order valence-electron chi connectivity index (χ2n) is 4.08. The molecule has 3 heteroatoms. The second kappa shape index (κ2) is 4.84. The number of ketones is 1. The number of Topliss-reactive ketones (excluding diaryl/α,β-unsaturated/α-hetero) is 1. The number of carbonyl (C=O) groups is 2. The smallest absolute Gasteiger partial charge is 0.248 e. The fourth-order valence-corrected chi connectivity index (χ4v) is 1.75. The third-order valence-electron chi connectivity index (χ3n) is 2.77. The Morgan fingerprint density at radius 3 is 2.11 bits per heavy atom. The summed E-state index contributed by atoms with van der Waals surface area (Å²) >= 11 is 0. The largest absolute Gasteiger partial charge is 0.366 e. The van der Waals surface area contributed by atoms with Crippen LogP contribution < -0.4 is 5.73 Å². The average molecular weight is 239 g/mol. The third-order valence-corrected chi connectivity index (χ3v) is 2.77. The van der Waals surface area contributed by atoms with Crippen molar-refractivity contribution in [1.82, 2.24) is 0 Å². The highest BCUT2D eigenvalue weighted by molar-refractivity contribution is 5.95. The summed E-state index contributed by atoms with van der Waals surface area (Å²) in [6, 6.07) is 14.4. The van der Waals surface area contributed by atoms with Crippen molar-refractivity contribution >= 4 is 11.7 Å². The number of hydrogen-bond acceptors (Lipinski definition) is 2. The van der Waals surface area contributed by atoms with Crippen molar-refractivity contribution in [3.63, 3.8) is 0 Å². The number of amides is 1. The van der Waals surface area contributed by atoms with Crippen LogP contribution in [0.2, 0.25) is 0 Å². The molecule has 0 radical (unpaired) electrons. The van der Waals surface area contributed by atoms with Gasteiger partial charge in [0.25, 0.3) is 0 Å². The Balaban J connectivity index is 2.39. The summed E-state index contributed by atoms with van der Waals surface area (Å²) in [5, 5.41) is 0. The van der Waals surface area contributed by atoms with E-state index in [2.05, 4.69) is 0 Å². The van der Waals surface area contributed by atoms with Crippen molar-refractivity contribution in [2.24, 2.45) is 5.73 Å². The monoisotopic (exact) mass is 239 g/mol. The number of benzene rings is 2. The molecule has 0 aliphatic rings. The lowest BCUT2D eigenvalue weighted by molar-refractivity contribution is 0.0996. The molecule has 0 unspecified atom stereocenters. The number of carbonyl (C=O) groups excluding carboxylic acids is 2. The van der Waals surface area contributed by atoms with Gasteiger partial charge in [-0.05, 0) is 30.2 Å². The molecule has 0 bridgehead atoms. The van der Waals surface area contributed by atoms with Gasteiger partial charge in [0.2, 0.25) is 5.91 Å². The van der Waals surface area contributed by atoms with Gasteiger partial charge in [-0.1, -0.05) is 36.4 Å². The first-order valence-electron chi connectivity index (χ1n) is 5.59. The fourth-order valence-electron chi connectivity index (χ4n) is 1.75. The topological polar surface area (TPSA) is 60.2 Å². The summed E-state index contributed by atoms with van der Waals surface area (Å²) in [5.41, 5.74) is 8.24. The maximum Gasteiger partial charge on any atom is 0.248 e. The molecule has 18 heavy (non-hydrogen) atoms. The van der Waals surface area contributed by atoms with Gasteiger partial charge in [0, 0.05) is 11.1 Å². The highest BCUT2D eigenvalue weighted by Gasteiger charge is 2.04. The molecule has 3 nitrogen and oxygen atoms in total. The van der Waals surface area contributed by atoms with Gasteiger partial charge in [-0.15, -0.1) is 0 Å². The zero-order valence-electron chi connectivity index (χ0n) is 10.0. The van der Waals surface area contributed by atoms with Gasteiger partial charge in [0.1, 0.15) is 0 Å². The SMILES string of the molecule is CC(=O)c1ccc(-c2cccc(C(N)=O)c2)cc1. The third kappa shape index (κ3) is 2.46. The molecular formula is C15H13NO2. The average Bonchev–Trinajstić information content (AvgIpc) is 2.39. The maximum atomic E-state index is 11.2. The van der Waals surface area contributed by atoms with Crippen LogP contribution in [-0.4, -0.2) is 11.7 Å². The van der Waals surface area contributed by atoms with E-state index in [1.54, 1.807) is 30.3 Å². The lowest BCUT2D eigenvalue weighted by Gasteiger charge is -2.04. The van der Waals surface area contributed by atoms with Gasteiger partial charge in [0.05, 0.1) is 0 Å². The van der Waals surface area contributed by atoms with Crippen LogP contribution >= 0.6 is 0 Å². The first kappa shape index (κ1) is 12.0. The highest BCUT2D eigenvalue weighted by atomic mass is 16.1. The summed E-state index contributed by atoms with van der Waals surface area (Å²) in [5.74, 6) is -0.412. The Morgan fingerprint density at radius 2 is 1.56 bits per heavy atom. The quantitative estimate of drug-likeness (QED) is 0.837. The molecule has 2 aromatic carbocycles. The van der Waals surface area contributed by atoms with E-state index in [9.17, 15) is 9.59 Å². The predicted octanol–water partition coefficient (Wildman–Crippen LogP) is 2.66. The van der Waals surface area contributed by atoms with Gasteiger partial charge >= 0.3 is 0 Å². The van der Waals surface area contributed by atoms with E-state index in [0.29, 0.717) is 11.1 Å².